The summed E-state index contributed by atoms with van der Waals surface area (Å²) in [4.78, 5) is 26.1. The normalized spacial score (nSPS) is 11.7. The summed E-state index contributed by atoms with van der Waals surface area (Å²) >= 11 is 0. The molecule has 6 nitrogen and oxygen atoms in total. The predicted octanol–water partition coefficient (Wildman–Crippen LogP) is 1.05. The molecule has 0 saturated heterocycles. The van der Waals surface area contributed by atoms with E-state index in [-0.39, 0.29) is 6.42 Å². The highest BCUT2D eigenvalue weighted by Gasteiger charge is 2.10. The molecule has 0 saturated carbocycles. The van der Waals surface area contributed by atoms with Crippen LogP contribution in [0.15, 0.2) is 18.2 Å². The Morgan fingerprint density at radius 3 is 2.78 bits per heavy atom. The number of aryl methyl sites for hydroxylation is 1. The van der Waals surface area contributed by atoms with Gasteiger partial charge in [0.1, 0.15) is 0 Å². The van der Waals surface area contributed by atoms with Crippen molar-refractivity contribution in [2.75, 3.05) is 0 Å². The summed E-state index contributed by atoms with van der Waals surface area (Å²) in [6.07, 6.45) is -0.101. The van der Waals surface area contributed by atoms with Gasteiger partial charge in [0.05, 0.1) is 18.7 Å². The number of aromatic nitrogens is 1. The smallest absolute Gasteiger partial charge is 0.315 e. The molecular weight excluding hydrogens is 234 g/mol. The first-order valence-corrected chi connectivity index (χ1v) is 5.66. The maximum atomic E-state index is 11.5. The van der Waals surface area contributed by atoms with Crippen molar-refractivity contribution >= 4 is 12.0 Å². The highest BCUT2D eigenvalue weighted by atomic mass is 16.4. The molecule has 1 rings (SSSR count). The monoisotopic (exact) mass is 251 g/mol. The zero-order valence-electron chi connectivity index (χ0n) is 10.4. The topological polar surface area (TPSA) is 91.3 Å². The highest BCUT2D eigenvalue weighted by Crippen LogP contribution is 1.97. The number of carbonyl (C=O) groups excluding carboxylic acids is 1. The minimum absolute atomic E-state index is 0.101. The van der Waals surface area contributed by atoms with Crippen molar-refractivity contribution in [2.24, 2.45) is 0 Å². The molecule has 2 amide bonds. The zero-order chi connectivity index (χ0) is 13.5. The Balaban J connectivity index is 2.35. The molecule has 0 aliphatic rings. The Bertz CT molecular complexity index is 434. The van der Waals surface area contributed by atoms with Crippen LogP contribution in [0.3, 0.4) is 0 Å². The first-order chi connectivity index (χ1) is 8.47. The van der Waals surface area contributed by atoms with E-state index in [1.54, 1.807) is 6.92 Å². The third-order valence-corrected chi connectivity index (χ3v) is 2.23. The highest BCUT2D eigenvalue weighted by molar-refractivity contribution is 5.75. The van der Waals surface area contributed by atoms with Crippen LogP contribution in [0.25, 0.3) is 0 Å². The number of pyridine rings is 1. The van der Waals surface area contributed by atoms with Gasteiger partial charge in [-0.25, -0.2) is 4.79 Å². The Morgan fingerprint density at radius 2 is 2.17 bits per heavy atom. The van der Waals surface area contributed by atoms with E-state index in [2.05, 4.69) is 15.6 Å². The Kier molecular flexibility index (Phi) is 5.10. The fourth-order valence-corrected chi connectivity index (χ4v) is 1.46. The van der Waals surface area contributed by atoms with Gasteiger partial charge in [-0.15, -0.1) is 0 Å². The molecule has 1 aromatic heterocycles. The number of hydrogen-bond donors (Lipinski definition) is 3. The molecule has 0 fully saturated rings. The molecule has 0 aliphatic heterocycles. The van der Waals surface area contributed by atoms with Crippen LogP contribution in [-0.4, -0.2) is 28.1 Å². The lowest BCUT2D eigenvalue weighted by Gasteiger charge is -2.12. The molecule has 0 aliphatic carbocycles. The van der Waals surface area contributed by atoms with E-state index in [1.165, 1.54) is 0 Å². The average Bonchev–Trinajstić information content (AvgIpc) is 2.25. The van der Waals surface area contributed by atoms with Crippen LogP contribution in [0.1, 0.15) is 24.7 Å². The Hall–Kier alpha value is -2.11. The lowest BCUT2D eigenvalue weighted by molar-refractivity contribution is -0.137. The van der Waals surface area contributed by atoms with Crippen molar-refractivity contribution in [3.05, 3.63) is 29.6 Å². The number of aliphatic carboxylic acids is 1. The van der Waals surface area contributed by atoms with E-state index in [1.807, 2.05) is 25.1 Å². The van der Waals surface area contributed by atoms with Gasteiger partial charge in [-0.3, -0.25) is 9.78 Å². The van der Waals surface area contributed by atoms with E-state index in [0.717, 1.165) is 11.4 Å². The maximum absolute atomic E-state index is 11.5. The van der Waals surface area contributed by atoms with Crippen LogP contribution in [0, 0.1) is 6.92 Å². The molecule has 0 aromatic carbocycles. The van der Waals surface area contributed by atoms with Crippen LogP contribution < -0.4 is 10.6 Å². The largest absolute Gasteiger partial charge is 0.481 e. The number of nitrogens with one attached hydrogen (secondary N) is 2. The summed E-state index contributed by atoms with van der Waals surface area (Å²) < 4.78 is 0. The van der Waals surface area contributed by atoms with Gasteiger partial charge >= 0.3 is 12.0 Å². The number of carboxylic acids is 1. The molecule has 0 radical (unpaired) electrons. The fourth-order valence-electron chi connectivity index (χ4n) is 1.46. The fraction of sp³-hybridized carbons (Fsp3) is 0.417. The van der Waals surface area contributed by atoms with Gasteiger partial charge in [-0.1, -0.05) is 6.07 Å². The zero-order valence-corrected chi connectivity index (χ0v) is 10.4. The standard InChI is InChI=1S/C12H17N3O3/c1-8-4-3-5-10(14-8)7-13-12(18)15-9(2)6-11(16)17/h3-5,9H,6-7H2,1-2H3,(H,16,17)(H2,13,15,18). The molecule has 1 atom stereocenters. The lowest BCUT2D eigenvalue weighted by atomic mass is 10.2. The third kappa shape index (κ3) is 5.29. The molecule has 1 aromatic rings. The predicted molar refractivity (Wildman–Crippen MR) is 66.1 cm³/mol. The second-order valence-electron chi connectivity index (χ2n) is 4.10. The molecule has 0 bridgehead atoms. The van der Waals surface area contributed by atoms with Gasteiger partial charge in [-0.05, 0) is 26.0 Å². The summed E-state index contributed by atoms with van der Waals surface area (Å²) in [7, 11) is 0. The summed E-state index contributed by atoms with van der Waals surface area (Å²) in [5, 5.41) is 13.7. The summed E-state index contributed by atoms with van der Waals surface area (Å²) in [6, 6.07) is 4.75. The number of rotatable bonds is 5. The van der Waals surface area contributed by atoms with Crippen molar-refractivity contribution in [3.63, 3.8) is 0 Å². The first kappa shape index (κ1) is 14.0. The van der Waals surface area contributed by atoms with Crippen LogP contribution in [-0.2, 0) is 11.3 Å². The average molecular weight is 251 g/mol. The summed E-state index contributed by atoms with van der Waals surface area (Å²) in [5.74, 6) is -0.942. The van der Waals surface area contributed by atoms with Crippen molar-refractivity contribution in [1.29, 1.82) is 0 Å². The molecule has 3 N–H and O–H groups in total. The van der Waals surface area contributed by atoms with Crippen LogP contribution in [0.2, 0.25) is 0 Å². The minimum Gasteiger partial charge on any atom is -0.481 e. The minimum atomic E-state index is -0.942. The SMILES string of the molecule is Cc1cccc(CNC(=O)NC(C)CC(=O)O)n1. The van der Waals surface area contributed by atoms with Crippen molar-refractivity contribution in [1.82, 2.24) is 15.6 Å². The van der Waals surface area contributed by atoms with E-state index in [0.29, 0.717) is 6.54 Å². The molecular formula is C12H17N3O3. The molecule has 1 heterocycles. The van der Waals surface area contributed by atoms with Crippen LogP contribution >= 0.6 is 0 Å². The Labute approximate surface area is 105 Å². The van der Waals surface area contributed by atoms with Gasteiger partial charge in [0.25, 0.3) is 0 Å². The third-order valence-electron chi connectivity index (χ3n) is 2.23. The van der Waals surface area contributed by atoms with Gasteiger partial charge in [-0.2, -0.15) is 0 Å². The van der Waals surface area contributed by atoms with Crippen molar-refractivity contribution in [3.8, 4) is 0 Å². The van der Waals surface area contributed by atoms with Gasteiger partial charge in [0, 0.05) is 11.7 Å². The van der Waals surface area contributed by atoms with Crippen molar-refractivity contribution < 1.29 is 14.7 Å². The molecule has 6 heteroatoms. The van der Waals surface area contributed by atoms with E-state index >= 15 is 0 Å². The lowest BCUT2D eigenvalue weighted by Crippen LogP contribution is -2.41. The molecule has 18 heavy (non-hydrogen) atoms. The second kappa shape index (κ2) is 6.58. The van der Waals surface area contributed by atoms with E-state index < -0.39 is 18.0 Å². The number of amides is 2. The Morgan fingerprint density at radius 1 is 1.44 bits per heavy atom. The molecule has 1 unspecified atom stereocenters. The maximum Gasteiger partial charge on any atom is 0.315 e. The number of nitrogens with zero attached hydrogens (tertiary/aromatic N) is 1. The second-order valence-corrected chi connectivity index (χ2v) is 4.10. The number of urea groups is 1. The summed E-state index contributed by atoms with van der Waals surface area (Å²) in [5.41, 5.74) is 1.64. The number of hydrogen-bond acceptors (Lipinski definition) is 3. The van der Waals surface area contributed by atoms with E-state index in [4.69, 9.17) is 5.11 Å². The quantitative estimate of drug-likeness (QED) is 0.729. The van der Waals surface area contributed by atoms with E-state index in [9.17, 15) is 9.59 Å². The van der Waals surface area contributed by atoms with Crippen molar-refractivity contribution in [2.45, 2.75) is 32.9 Å². The van der Waals surface area contributed by atoms with Gasteiger partial charge < -0.3 is 15.7 Å². The van der Waals surface area contributed by atoms with Gasteiger partial charge in [0.15, 0.2) is 0 Å². The molecule has 98 valence electrons. The van der Waals surface area contributed by atoms with Crippen LogP contribution in [0.5, 0.6) is 0 Å². The van der Waals surface area contributed by atoms with Crippen LogP contribution in [0.4, 0.5) is 4.79 Å². The summed E-state index contributed by atoms with van der Waals surface area (Å²) in [6.45, 7) is 3.82. The number of carbonyl (C=O) groups is 2. The molecule has 0 spiro atoms. The first-order valence-electron chi connectivity index (χ1n) is 5.66. The number of carboxylic acid groups (broad SMARTS) is 1. The van der Waals surface area contributed by atoms with Gasteiger partial charge in [0.2, 0.25) is 0 Å².